The third-order valence-corrected chi connectivity index (χ3v) is 6.11. The lowest BCUT2D eigenvalue weighted by atomic mass is 9.98. The highest BCUT2D eigenvalue weighted by Gasteiger charge is 2.18. The Labute approximate surface area is 180 Å². The monoisotopic (exact) mass is 484 g/mol. The van der Waals surface area contributed by atoms with E-state index < -0.39 is 0 Å². The Morgan fingerprint density at radius 1 is 0.828 bits per heavy atom. The van der Waals surface area contributed by atoms with Gasteiger partial charge in [-0.3, -0.25) is 0 Å². The normalized spacial score (nSPS) is 11.0. The summed E-state index contributed by atoms with van der Waals surface area (Å²) in [6.07, 6.45) is 0. The fraction of sp³-hybridized carbons (Fsp3) is 0.0417. The van der Waals surface area contributed by atoms with E-state index in [9.17, 15) is 10.5 Å². The Kier molecular flexibility index (Phi) is 4.19. The van der Waals surface area contributed by atoms with Crippen LogP contribution in [0, 0.1) is 22.7 Å². The van der Waals surface area contributed by atoms with Gasteiger partial charge >= 0.3 is 0 Å². The molecule has 4 nitrogen and oxygen atoms in total. The molecule has 5 aromatic rings. The average Bonchev–Trinajstić information content (AvgIpc) is 3.23. The second kappa shape index (κ2) is 6.88. The van der Waals surface area contributed by atoms with Gasteiger partial charge in [0.2, 0.25) is 0 Å². The number of nitrogens with one attached hydrogen (secondary N) is 1. The number of nitrogens with zero attached hydrogens (tertiary/aromatic N) is 3. The molecule has 136 valence electrons. The van der Waals surface area contributed by atoms with Crippen molar-refractivity contribution in [2.75, 3.05) is 0 Å². The molecule has 0 amide bonds. The first kappa shape index (κ1) is 17.7. The maximum Gasteiger partial charge on any atom is 0.141 e. The van der Waals surface area contributed by atoms with Gasteiger partial charge in [0.15, 0.2) is 0 Å². The van der Waals surface area contributed by atoms with Crippen molar-refractivity contribution in [3.63, 3.8) is 0 Å². The Morgan fingerprint density at radius 2 is 1.55 bits per heavy atom. The van der Waals surface area contributed by atoms with E-state index in [0.29, 0.717) is 22.5 Å². The third kappa shape index (κ3) is 2.66. The predicted octanol–water partition coefficient (Wildman–Crippen LogP) is 6.21. The fourth-order valence-electron chi connectivity index (χ4n) is 3.92. The van der Waals surface area contributed by atoms with Gasteiger partial charge in [0.25, 0.3) is 0 Å². The lowest BCUT2D eigenvalue weighted by molar-refractivity contribution is 1.31. The lowest BCUT2D eigenvalue weighted by Crippen LogP contribution is -1.91. The van der Waals surface area contributed by atoms with Gasteiger partial charge in [0, 0.05) is 15.2 Å². The minimum Gasteiger partial charge on any atom is -0.337 e. The second-order valence-electron chi connectivity index (χ2n) is 6.82. The van der Waals surface area contributed by atoms with E-state index >= 15 is 0 Å². The van der Waals surface area contributed by atoms with Crippen LogP contribution in [0.3, 0.4) is 0 Å². The predicted molar refractivity (Wildman–Crippen MR) is 124 cm³/mol. The fourth-order valence-corrected chi connectivity index (χ4v) is 4.39. The zero-order valence-corrected chi connectivity index (χ0v) is 17.4. The summed E-state index contributed by atoms with van der Waals surface area (Å²) in [4.78, 5) is 8.28. The van der Waals surface area contributed by atoms with Crippen LogP contribution in [0.4, 0.5) is 0 Å². The number of benzene rings is 4. The topological polar surface area (TPSA) is 76.3 Å². The maximum atomic E-state index is 9.57. The van der Waals surface area contributed by atoms with Gasteiger partial charge in [-0.15, -0.1) is 0 Å². The van der Waals surface area contributed by atoms with Crippen LogP contribution in [0.25, 0.3) is 44.0 Å². The van der Waals surface area contributed by atoms with Gasteiger partial charge in [-0.2, -0.15) is 10.5 Å². The Morgan fingerprint density at radius 3 is 2.24 bits per heavy atom. The highest BCUT2D eigenvalue weighted by molar-refractivity contribution is 14.1. The molecule has 1 aromatic heterocycles. The van der Waals surface area contributed by atoms with Gasteiger partial charge in [0.05, 0.1) is 39.9 Å². The number of alkyl halides is 1. The molecule has 0 saturated heterocycles. The van der Waals surface area contributed by atoms with E-state index in [-0.39, 0.29) is 0 Å². The summed E-state index contributed by atoms with van der Waals surface area (Å²) in [6, 6.07) is 24.3. The number of imidazole rings is 1. The molecular formula is C24H13IN4. The van der Waals surface area contributed by atoms with E-state index in [0.717, 1.165) is 37.0 Å². The van der Waals surface area contributed by atoms with Crippen LogP contribution in [0.2, 0.25) is 0 Å². The molecule has 1 heterocycles. The Balaban J connectivity index is 1.95. The molecule has 0 fully saturated rings. The smallest absolute Gasteiger partial charge is 0.141 e. The van der Waals surface area contributed by atoms with Crippen molar-refractivity contribution < 1.29 is 0 Å². The molecule has 29 heavy (non-hydrogen) atoms. The van der Waals surface area contributed by atoms with Crippen LogP contribution >= 0.6 is 22.6 Å². The molecule has 4 aromatic carbocycles. The molecule has 1 N–H and O–H groups in total. The van der Waals surface area contributed by atoms with Crippen LogP contribution in [0.5, 0.6) is 0 Å². The lowest BCUT2D eigenvalue weighted by Gasteiger charge is -2.07. The number of H-pyrrole nitrogens is 1. The minimum absolute atomic E-state index is 0.434. The molecule has 0 aliphatic rings. The van der Waals surface area contributed by atoms with E-state index in [1.165, 1.54) is 5.56 Å². The quantitative estimate of drug-likeness (QED) is 0.184. The first-order valence-corrected chi connectivity index (χ1v) is 10.6. The summed E-state index contributed by atoms with van der Waals surface area (Å²) in [7, 11) is 0. The summed E-state index contributed by atoms with van der Waals surface area (Å²) < 4.78 is 0.937. The summed E-state index contributed by atoms with van der Waals surface area (Å²) in [5.41, 5.74) is 4.45. The largest absolute Gasteiger partial charge is 0.337 e. The van der Waals surface area contributed by atoms with Crippen LogP contribution in [0.15, 0.2) is 60.7 Å². The van der Waals surface area contributed by atoms with Crippen molar-refractivity contribution in [1.82, 2.24) is 9.97 Å². The molecule has 0 unspecified atom stereocenters. The van der Waals surface area contributed by atoms with Crippen LogP contribution < -0.4 is 0 Å². The molecule has 0 bridgehead atoms. The average molecular weight is 484 g/mol. The first-order valence-electron chi connectivity index (χ1n) is 9.07. The zero-order chi connectivity index (χ0) is 20.0. The summed E-state index contributed by atoms with van der Waals surface area (Å²) in [5.74, 6) is 0.546. The van der Waals surface area contributed by atoms with Crippen LogP contribution in [0.1, 0.15) is 16.7 Å². The van der Waals surface area contributed by atoms with Crippen molar-refractivity contribution in [3.8, 4) is 23.5 Å². The number of halogens is 1. The Hall–Kier alpha value is -3.42. The van der Waals surface area contributed by atoms with E-state index in [1.807, 2.05) is 12.1 Å². The number of nitriles is 2. The third-order valence-electron chi connectivity index (χ3n) is 5.23. The minimum atomic E-state index is 0.434. The molecule has 0 saturated carbocycles. The highest BCUT2D eigenvalue weighted by Crippen LogP contribution is 2.37. The van der Waals surface area contributed by atoms with Crippen molar-refractivity contribution in [1.29, 1.82) is 10.5 Å². The maximum absolute atomic E-state index is 9.57. The van der Waals surface area contributed by atoms with Crippen molar-refractivity contribution in [3.05, 3.63) is 77.4 Å². The molecule has 0 atom stereocenters. The number of hydrogen-bond acceptors (Lipinski definition) is 3. The van der Waals surface area contributed by atoms with Crippen LogP contribution in [-0.4, -0.2) is 9.97 Å². The Bertz CT molecular complexity index is 1480. The zero-order valence-electron chi connectivity index (χ0n) is 15.2. The second-order valence-corrected chi connectivity index (χ2v) is 7.58. The van der Waals surface area contributed by atoms with Crippen molar-refractivity contribution in [2.24, 2.45) is 0 Å². The van der Waals surface area contributed by atoms with Gasteiger partial charge < -0.3 is 4.98 Å². The van der Waals surface area contributed by atoms with Gasteiger partial charge in [0.1, 0.15) is 5.82 Å². The number of aromatic nitrogens is 2. The van der Waals surface area contributed by atoms with Crippen LogP contribution in [-0.2, 0) is 4.43 Å². The summed E-state index contributed by atoms with van der Waals surface area (Å²) in [6.45, 7) is 0. The van der Waals surface area contributed by atoms with E-state index in [1.54, 1.807) is 18.2 Å². The van der Waals surface area contributed by atoms with E-state index in [4.69, 9.17) is 4.98 Å². The molecule has 5 rings (SSSR count). The van der Waals surface area contributed by atoms with Gasteiger partial charge in [-0.25, -0.2) is 4.98 Å². The van der Waals surface area contributed by atoms with Gasteiger partial charge in [-0.05, 0) is 34.5 Å². The van der Waals surface area contributed by atoms with E-state index in [2.05, 4.69) is 70.0 Å². The number of hydrogen-bond donors (Lipinski definition) is 1. The van der Waals surface area contributed by atoms with Crippen molar-refractivity contribution >= 4 is 55.2 Å². The first-order chi connectivity index (χ1) is 14.2. The summed E-state index contributed by atoms with van der Waals surface area (Å²) in [5, 5.41) is 23.6. The van der Waals surface area contributed by atoms with Gasteiger partial charge in [-0.1, -0.05) is 65.1 Å². The van der Waals surface area contributed by atoms with Crippen molar-refractivity contribution in [2.45, 2.75) is 4.43 Å². The summed E-state index contributed by atoms with van der Waals surface area (Å²) >= 11 is 2.37. The molecule has 0 radical (unpaired) electrons. The molecule has 5 heteroatoms. The molecular weight excluding hydrogens is 471 g/mol. The molecule has 0 spiro atoms. The number of fused-ring (bicyclic) bond motifs is 6. The number of rotatable bonds is 2. The molecule has 0 aliphatic heterocycles. The molecule has 0 aliphatic carbocycles. The SMILES string of the molecule is N#Cc1cccc(C#N)c1-c1nc2c3ccc(CI)cc3c3ccccc3c2[nH]1. The highest BCUT2D eigenvalue weighted by atomic mass is 127. The standard InChI is InChI=1S/C24H13IN4/c25-11-14-8-9-19-20(10-14)17-6-1-2-7-18(17)22-23(19)29-24(28-22)21-15(12-26)4-3-5-16(21)13-27/h1-10H,11H2,(H,28,29). The number of aromatic amines is 1.